The quantitative estimate of drug-likeness (QED) is 0.627. The second-order valence-corrected chi connectivity index (χ2v) is 6.20. The fourth-order valence-corrected chi connectivity index (χ4v) is 3.30. The minimum absolute atomic E-state index is 0.801. The predicted molar refractivity (Wildman–Crippen MR) is 76.9 cm³/mol. The zero-order valence-electron chi connectivity index (χ0n) is 11.0. The second kappa shape index (κ2) is 6.46. The standard InChI is InChI=1S/C15H23NS/c1-12-7-8-15(11-13(12)2)17-10-4-6-14-5-3-9-16-14/h7-8,11,14,16H,3-6,9-10H2,1-2H3. The van der Waals surface area contributed by atoms with Crippen molar-refractivity contribution in [3.63, 3.8) is 0 Å². The zero-order chi connectivity index (χ0) is 12.1. The van der Waals surface area contributed by atoms with E-state index >= 15 is 0 Å². The molecule has 1 atom stereocenters. The van der Waals surface area contributed by atoms with E-state index in [1.807, 2.05) is 11.8 Å². The van der Waals surface area contributed by atoms with Crippen LogP contribution in [-0.2, 0) is 0 Å². The minimum atomic E-state index is 0.801. The van der Waals surface area contributed by atoms with Gasteiger partial charge >= 0.3 is 0 Å². The number of hydrogen-bond acceptors (Lipinski definition) is 2. The maximum atomic E-state index is 3.56. The first kappa shape index (κ1) is 13.0. The summed E-state index contributed by atoms with van der Waals surface area (Å²) in [5.74, 6) is 1.25. The Kier molecular flexibility index (Phi) is 4.93. The van der Waals surface area contributed by atoms with Crippen LogP contribution in [-0.4, -0.2) is 18.3 Å². The maximum absolute atomic E-state index is 3.56. The second-order valence-electron chi connectivity index (χ2n) is 5.03. The number of rotatable bonds is 5. The highest BCUT2D eigenvalue weighted by Crippen LogP contribution is 2.23. The van der Waals surface area contributed by atoms with Gasteiger partial charge in [-0.15, -0.1) is 11.8 Å². The maximum Gasteiger partial charge on any atom is 0.00747 e. The summed E-state index contributed by atoms with van der Waals surface area (Å²) in [7, 11) is 0. The van der Waals surface area contributed by atoms with Gasteiger partial charge in [-0.3, -0.25) is 0 Å². The van der Waals surface area contributed by atoms with Gasteiger partial charge < -0.3 is 5.32 Å². The van der Waals surface area contributed by atoms with Gasteiger partial charge in [-0.1, -0.05) is 6.07 Å². The molecule has 1 heterocycles. The van der Waals surface area contributed by atoms with Gasteiger partial charge in [0.05, 0.1) is 0 Å². The molecule has 1 N–H and O–H groups in total. The third-order valence-electron chi connectivity index (χ3n) is 3.61. The van der Waals surface area contributed by atoms with Gasteiger partial charge in [-0.05, 0) is 75.1 Å². The molecule has 94 valence electrons. The average Bonchev–Trinajstić information content (AvgIpc) is 2.82. The Bertz CT molecular complexity index is 356. The molecule has 0 radical (unpaired) electrons. The lowest BCUT2D eigenvalue weighted by Crippen LogP contribution is -2.20. The molecular weight excluding hydrogens is 226 g/mol. The Morgan fingerprint density at radius 3 is 2.88 bits per heavy atom. The third kappa shape index (κ3) is 4.04. The van der Waals surface area contributed by atoms with Crippen LogP contribution in [0.15, 0.2) is 23.1 Å². The molecule has 1 nitrogen and oxygen atoms in total. The molecule has 0 amide bonds. The normalized spacial score (nSPS) is 19.8. The Morgan fingerprint density at radius 1 is 1.29 bits per heavy atom. The van der Waals surface area contributed by atoms with Gasteiger partial charge in [-0.25, -0.2) is 0 Å². The predicted octanol–water partition coefficient (Wildman–Crippen LogP) is 3.93. The van der Waals surface area contributed by atoms with E-state index in [9.17, 15) is 0 Å². The molecule has 1 aromatic rings. The summed E-state index contributed by atoms with van der Waals surface area (Å²) in [5, 5.41) is 3.56. The van der Waals surface area contributed by atoms with E-state index in [1.165, 1.54) is 54.0 Å². The lowest BCUT2D eigenvalue weighted by molar-refractivity contribution is 0.553. The summed E-state index contributed by atoms with van der Waals surface area (Å²) in [6, 6.07) is 7.60. The summed E-state index contributed by atoms with van der Waals surface area (Å²) >= 11 is 2.00. The van der Waals surface area contributed by atoms with E-state index in [-0.39, 0.29) is 0 Å². The Labute approximate surface area is 109 Å². The van der Waals surface area contributed by atoms with Crippen molar-refractivity contribution in [1.82, 2.24) is 5.32 Å². The first-order valence-electron chi connectivity index (χ1n) is 6.69. The van der Waals surface area contributed by atoms with Crippen molar-refractivity contribution in [1.29, 1.82) is 0 Å². The average molecular weight is 249 g/mol. The smallest absolute Gasteiger partial charge is 0.00747 e. The lowest BCUT2D eigenvalue weighted by atomic mass is 10.1. The SMILES string of the molecule is Cc1ccc(SCCCC2CCCN2)cc1C. The summed E-state index contributed by atoms with van der Waals surface area (Å²) < 4.78 is 0. The fourth-order valence-electron chi connectivity index (χ4n) is 2.33. The van der Waals surface area contributed by atoms with E-state index in [0.29, 0.717) is 0 Å². The topological polar surface area (TPSA) is 12.0 Å². The minimum Gasteiger partial charge on any atom is -0.314 e. The molecule has 0 saturated carbocycles. The molecule has 2 heteroatoms. The highest BCUT2D eigenvalue weighted by atomic mass is 32.2. The summed E-state index contributed by atoms with van der Waals surface area (Å²) in [5.41, 5.74) is 2.80. The molecule has 1 aliphatic heterocycles. The first-order chi connectivity index (χ1) is 8.25. The molecule has 0 aromatic heterocycles. The van der Waals surface area contributed by atoms with Gasteiger partial charge in [0.15, 0.2) is 0 Å². The van der Waals surface area contributed by atoms with Gasteiger partial charge in [0.1, 0.15) is 0 Å². The van der Waals surface area contributed by atoms with Gasteiger partial charge in [-0.2, -0.15) is 0 Å². The van der Waals surface area contributed by atoms with Crippen LogP contribution in [0.3, 0.4) is 0 Å². The number of thioether (sulfide) groups is 1. The number of nitrogens with one attached hydrogen (secondary N) is 1. The van der Waals surface area contributed by atoms with E-state index in [0.717, 1.165) is 6.04 Å². The Hall–Kier alpha value is -0.470. The summed E-state index contributed by atoms with van der Waals surface area (Å²) in [4.78, 5) is 1.42. The van der Waals surface area contributed by atoms with Crippen LogP contribution in [0, 0.1) is 13.8 Å². The third-order valence-corrected chi connectivity index (χ3v) is 4.69. The number of aryl methyl sites for hydroxylation is 2. The van der Waals surface area contributed by atoms with Crippen molar-refractivity contribution in [2.45, 2.75) is 50.5 Å². The van der Waals surface area contributed by atoms with Crippen LogP contribution < -0.4 is 5.32 Å². The van der Waals surface area contributed by atoms with Crippen LogP contribution in [0.1, 0.15) is 36.8 Å². The van der Waals surface area contributed by atoms with E-state index < -0.39 is 0 Å². The largest absolute Gasteiger partial charge is 0.314 e. The zero-order valence-corrected chi connectivity index (χ0v) is 11.8. The van der Waals surface area contributed by atoms with Crippen molar-refractivity contribution in [2.75, 3.05) is 12.3 Å². The molecule has 1 unspecified atom stereocenters. The van der Waals surface area contributed by atoms with Gasteiger partial charge in [0, 0.05) is 10.9 Å². The van der Waals surface area contributed by atoms with Crippen molar-refractivity contribution in [3.05, 3.63) is 29.3 Å². The molecule has 1 saturated heterocycles. The van der Waals surface area contributed by atoms with Crippen LogP contribution in [0.25, 0.3) is 0 Å². The molecule has 0 aliphatic carbocycles. The van der Waals surface area contributed by atoms with Crippen LogP contribution in [0.5, 0.6) is 0 Å². The van der Waals surface area contributed by atoms with Gasteiger partial charge in [0.2, 0.25) is 0 Å². The van der Waals surface area contributed by atoms with Crippen molar-refractivity contribution in [3.8, 4) is 0 Å². The summed E-state index contributed by atoms with van der Waals surface area (Å²) in [6.45, 7) is 5.60. The highest BCUT2D eigenvalue weighted by molar-refractivity contribution is 7.99. The van der Waals surface area contributed by atoms with E-state index in [4.69, 9.17) is 0 Å². The molecular formula is C15H23NS. The Balaban J connectivity index is 1.68. The molecule has 17 heavy (non-hydrogen) atoms. The van der Waals surface area contributed by atoms with Crippen molar-refractivity contribution >= 4 is 11.8 Å². The van der Waals surface area contributed by atoms with Gasteiger partial charge in [0.25, 0.3) is 0 Å². The first-order valence-corrected chi connectivity index (χ1v) is 7.68. The number of hydrogen-bond donors (Lipinski definition) is 1. The van der Waals surface area contributed by atoms with Crippen molar-refractivity contribution in [2.24, 2.45) is 0 Å². The molecule has 1 aromatic carbocycles. The van der Waals surface area contributed by atoms with E-state index in [1.54, 1.807) is 0 Å². The monoisotopic (exact) mass is 249 g/mol. The lowest BCUT2D eigenvalue weighted by Gasteiger charge is -2.09. The highest BCUT2D eigenvalue weighted by Gasteiger charge is 2.12. The van der Waals surface area contributed by atoms with Crippen molar-refractivity contribution < 1.29 is 0 Å². The van der Waals surface area contributed by atoms with Crippen LogP contribution >= 0.6 is 11.8 Å². The molecule has 2 rings (SSSR count). The Morgan fingerprint density at radius 2 is 2.18 bits per heavy atom. The van der Waals surface area contributed by atoms with Crippen LogP contribution in [0.2, 0.25) is 0 Å². The fraction of sp³-hybridized carbons (Fsp3) is 0.600. The van der Waals surface area contributed by atoms with E-state index in [2.05, 4.69) is 37.4 Å². The molecule has 0 spiro atoms. The molecule has 0 bridgehead atoms. The summed E-state index contributed by atoms with van der Waals surface area (Å²) in [6.07, 6.45) is 5.43. The van der Waals surface area contributed by atoms with Crippen LogP contribution in [0.4, 0.5) is 0 Å². The molecule has 1 aliphatic rings. The molecule has 1 fully saturated rings. The number of benzene rings is 1.